The maximum absolute atomic E-state index is 13.2. The van der Waals surface area contributed by atoms with Crippen LogP contribution >= 0.6 is 11.3 Å². The Hall–Kier alpha value is -2.35. The third kappa shape index (κ3) is 4.10. The van der Waals surface area contributed by atoms with E-state index in [1.54, 1.807) is 0 Å². The molecular weight excluding hydrogens is 326 g/mol. The van der Waals surface area contributed by atoms with Crippen LogP contribution in [-0.4, -0.2) is 28.0 Å². The Kier molecular flexibility index (Phi) is 5.38. The fourth-order valence-corrected chi connectivity index (χ4v) is 2.72. The van der Waals surface area contributed by atoms with Crippen molar-refractivity contribution in [2.24, 2.45) is 0 Å². The van der Waals surface area contributed by atoms with E-state index in [2.05, 4.69) is 10.3 Å². The smallest absolute Gasteiger partial charge is 0.326 e. The minimum absolute atomic E-state index is 0.0390. The number of thiazole rings is 1. The molecule has 0 aliphatic heterocycles. The van der Waals surface area contributed by atoms with Crippen LogP contribution in [0.1, 0.15) is 30.3 Å². The minimum atomic E-state index is -1.11. The maximum atomic E-state index is 13.2. The van der Waals surface area contributed by atoms with Crippen molar-refractivity contribution in [1.82, 2.24) is 10.3 Å². The van der Waals surface area contributed by atoms with Crippen LogP contribution in [0.25, 0.3) is 10.6 Å². The molecule has 1 aromatic carbocycles. The Morgan fingerprint density at radius 1 is 1.35 bits per heavy atom. The normalized spacial score (nSPS) is 12.0. The van der Waals surface area contributed by atoms with Crippen LogP contribution in [-0.2, 0) is 4.79 Å². The van der Waals surface area contributed by atoms with Gasteiger partial charge in [-0.3, -0.25) is 4.79 Å². The lowest BCUT2D eigenvalue weighted by atomic mass is 10.1. The standard InChI is InChI=1S/C15H14F2N2O3S/c1-2-3-11(15(21)22)18-13(20)12-7-23-14(19-12)8-4-5-9(16)10(17)6-8/h4-7,11H,2-3H2,1H3,(H,18,20)(H,21,22). The molecule has 1 unspecified atom stereocenters. The highest BCUT2D eigenvalue weighted by molar-refractivity contribution is 7.13. The number of carbonyl (C=O) groups excluding carboxylic acids is 1. The number of carboxylic acid groups (broad SMARTS) is 1. The number of nitrogens with zero attached hydrogens (tertiary/aromatic N) is 1. The lowest BCUT2D eigenvalue weighted by Gasteiger charge is -2.12. The lowest BCUT2D eigenvalue weighted by Crippen LogP contribution is -2.40. The fourth-order valence-electron chi connectivity index (χ4n) is 1.92. The van der Waals surface area contributed by atoms with Crippen molar-refractivity contribution in [1.29, 1.82) is 0 Å². The molecule has 1 aromatic heterocycles. The summed E-state index contributed by atoms with van der Waals surface area (Å²) in [6.07, 6.45) is 0.912. The molecule has 0 aliphatic rings. The molecule has 0 saturated carbocycles. The van der Waals surface area contributed by atoms with Crippen molar-refractivity contribution in [3.05, 3.63) is 40.9 Å². The molecule has 2 aromatic rings. The molecule has 2 rings (SSSR count). The van der Waals surface area contributed by atoms with Crippen molar-refractivity contribution >= 4 is 23.2 Å². The topological polar surface area (TPSA) is 79.3 Å². The average molecular weight is 340 g/mol. The largest absolute Gasteiger partial charge is 0.480 e. The predicted octanol–water partition coefficient (Wildman–Crippen LogP) is 3.07. The monoisotopic (exact) mass is 340 g/mol. The number of aliphatic carboxylic acids is 1. The van der Waals surface area contributed by atoms with Gasteiger partial charge in [0.05, 0.1) is 0 Å². The zero-order chi connectivity index (χ0) is 17.0. The first-order chi connectivity index (χ1) is 10.9. The number of hydrogen-bond acceptors (Lipinski definition) is 4. The summed E-state index contributed by atoms with van der Waals surface area (Å²) in [6.45, 7) is 1.81. The number of benzene rings is 1. The third-order valence-corrected chi connectivity index (χ3v) is 3.98. The van der Waals surface area contributed by atoms with Gasteiger partial charge in [-0.15, -0.1) is 11.3 Å². The molecule has 1 heterocycles. The van der Waals surface area contributed by atoms with Gasteiger partial charge in [-0.2, -0.15) is 0 Å². The first kappa shape index (κ1) is 17.0. The van der Waals surface area contributed by atoms with E-state index in [0.717, 1.165) is 23.5 Å². The van der Waals surface area contributed by atoms with Crippen molar-refractivity contribution < 1.29 is 23.5 Å². The first-order valence-corrected chi connectivity index (χ1v) is 7.75. The van der Waals surface area contributed by atoms with Gasteiger partial charge in [0.1, 0.15) is 16.7 Å². The van der Waals surface area contributed by atoms with Crippen LogP contribution in [0.2, 0.25) is 0 Å². The lowest BCUT2D eigenvalue weighted by molar-refractivity contribution is -0.139. The highest BCUT2D eigenvalue weighted by Crippen LogP contribution is 2.25. The molecule has 8 heteroatoms. The summed E-state index contributed by atoms with van der Waals surface area (Å²) in [7, 11) is 0. The molecule has 0 saturated heterocycles. The summed E-state index contributed by atoms with van der Waals surface area (Å²) in [5.74, 6) is -3.70. The van der Waals surface area contributed by atoms with Crippen LogP contribution in [0, 0.1) is 11.6 Å². The molecule has 122 valence electrons. The summed E-state index contributed by atoms with van der Waals surface area (Å²) in [4.78, 5) is 27.1. The molecule has 0 bridgehead atoms. The second kappa shape index (κ2) is 7.28. The Morgan fingerprint density at radius 2 is 2.09 bits per heavy atom. The number of rotatable bonds is 6. The van der Waals surface area contributed by atoms with Gasteiger partial charge < -0.3 is 10.4 Å². The number of nitrogens with one attached hydrogen (secondary N) is 1. The highest BCUT2D eigenvalue weighted by Gasteiger charge is 2.21. The Balaban J connectivity index is 2.16. The van der Waals surface area contributed by atoms with Gasteiger partial charge in [-0.1, -0.05) is 13.3 Å². The molecule has 0 aliphatic carbocycles. The summed E-state index contributed by atoms with van der Waals surface area (Å²) in [5.41, 5.74) is 0.383. The van der Waals surface area contributed by atoms with E-state index < -0.39 is 29.6 Å². The quantitative estimate of drug-likeness (QED) is 0.847. The second-order valence-corrected chi connectivity index (χ2v) is 5.68. The number of aromatic nitrogens is 1. The molecule has 0 radical (unpaired) electrons. The van der Waals surface area contributed by atoms with Gasteiger partial charge in [0, 0.05) is 10.9 Å². The summed E-state index contributed by atoms with van der Waals surface area (Å²) >= 11 is 1.09. The van der Waals surface area contributed by atoms with E-state index in [1.807, 2.05) is 6.92 Å². The number of hydrogen-bond donors (Lipinski definition) is 2. The molecule has 5 nitrogen and oxygen atoms in total. The van der Waals surface area contributed by atoms with E-state index >= 15 is 0 Å². The van der Waals surface area contributed by atoms with Gasteiger partial charge in [0.25, 0.3) is 5.91 Å². The average Bonchev–Trinajstić information content (AvgIpc) is 2.99. The minimum Gasteiger partial charge on any atom is -0.480 e. The zero-order valence-electron chi connectivity index (χ0n) is 12.2. The molecule has 1 atom stereocenters. The number of halogens is 2. The van der Waals surface area contributed by atoms with Crippen LogP contribution in [0.4, 0.5) is 8.78 Å². The Bertz CT molecular complexity index is 733. The summed E-state index contributed by atoms with van der Waals surface area (Å²) < 4.78 is 26.2. The van der Waals surface area contributed by atoms with Crippen molar-refractivity contribution in [2.75, 3.05) is 0 Å². The highest BCUT2D eigenvalue weighted by atomic mass is 32.1. The van der Waals surface area contributed by atoms with E-state index in [0.29, 0.717) is 23.4 Å². The molecule has 23 heavy (non-hydrogen) atoms. The molecular formula is C15H14F2N2O3S. The van der Waals surface area contributed by atoms with Crippen LogP contribution in [0.3, 0.4) is 0 Å². The van der Waals surface area contributed by atoms with Crippen molar-refractivity contribution in [2.45, 2.75) is 25.8 Å². The fraction of sp³-hybridized carbons (Fsp3) is 0.267. The first-order valence-electron chi connectivity index (χ1n) is 6.87. The van der Waals surface area contributed by atoms with Gasteiger partial charge >= 0.3 is 5.97 Å². The van der Waals surface area contributed by atoms with Gasteiger partial charge in [-0.25, -0.2) is 18.6 Å². The molecule has 0 spiro atoms. The summed E-state index contributed by atoms with van der Waals surface area (Å²) in [6, 6.07) is 2.34. The van der Waals surface area contributed by atoms with E-state index in [4.69, 9.17) is 5.11 Å². The van der Waals surface area contributed by atoms with E-state index in [-0.39, 0.29) is 5.69 Å². The van der Waals surface area contributed by atoms with Crippen molar-refractivity contribution in [3.8, 4) is 10.6 Å². The van der Waals surface area contributed by atoms with Gasteiger partial charge in [0.2, 0.25) is 0 Å². The SMILES string of the molecule is CCCC(NC(=O)c1csc(-c2ccc(F)c(F)c2)n1)C(=O)O. The molecule has 2 N–H and O–H groups in total. The predicted molar refractivity (Wildman–Crippen MR) is 81.3 cm³/mol. The zero-order valence-corrected chi connectivity index (χ0v) is 13.0. The van der Waals surface area contributed by atoms with Gasteiger partial charge in [0.15, 0.2) is 11.6 Å². The third-order valence-electron chi connectivity index (χ3n) is 3.08. The van der Waals surface area contributed by atoms with Crippen LogP contribution in [0.15, 0.2) is 23.6 Å². The number of carbonyl (C=O) groups is 2. The van der Waals surface area contributed by atoms with E-state index in [1.165, 1.54) is 11.4 Å². The van der Waals surface area contributed by atoms with E-state index in [9.17, 15) is 18.4 Å². The molecule has 1 amide bonds. The number of carboxylic acids is 1. The maximum Gasteiger partial charge on any atom is 0.326 e. The van der Waals surface area contributed by atoms with Crippen LogP contribution < -0.4 is 5.32 Å². The van der Waals surface area contributed by atoms with Crippen molar-refractivity contribution in [3.63, 3.8) is 0 Å². The second-order valence-electron chi connectivity index (χ2n) is 4.82. The Morgan fingerprint density at radius 3 is 2.70 bits per heavy atom. The summed E-state index contributed by atoms with van der Waals surface area (Å²) in [5, 5.41) is 13.2. The van der Waals surface area contributed by atoms with Crippen LogP contribution in [0.5, 0.6) is 0 Å². The van der Waals surface area contributed by atoms with Gasteiger partial charge in [-0.05, 0) is 24.6 Å². The molecule has 0 fully saturated rings. The number of amides is 1. The Labute approximate surface area is 135 Å².